The molecular formula is C17H33NO5. The number of ether oxygens (including phenoxy) is 3. The average molecular weight is 331 g/mol. The average Bonchev–Trinajstić information content (AvgIpc) is 2.42. The molecule has 0 fully saturated rings. The molecule has 0 saturated heterocycles. The Morgan fingerprint density at radius 3 is 2.09 bits per heavy atom. The number of amides is 1. The normalized spacial score (nSPS) is 14.0. The monoisotopic (exact) mass is 331 g/mol. The highest BCUT2D eigenvalue weighted by Gasteiger charge is 2.44. The van der Waals surface area contributed by atoms with E-state index in [0.29, 0.717) is 13.0 Å². The lowest BCUT2D eigenvalue weighted by molar-refractivity contribution is -0.161. The van der Waals surface area contributed by atoms with Crippen LogP contribution in [0.2, 0.25) is 0 Å². The van der Waals surface area contributed by atoms with Crippen LogP contribution in [0.5, 0.6) is 0 Å². The second-order valence-electron chi connectivity index (χ2n) is 6.84. The van der Waals surface area contributed by atoms with Crippen LogP contribution < -0.4 is 0 Å². The summed E-state index contributed by atoms with van der Waals surface area (Å²) in [5.41, 5.74) is -1.76. The Labute approximate surface area is 140 Å². The largest absolute Gasteiger partial charge is 0.464 e. The van der Waals surface area contributed by atoms with Crippen molar-refractivity contribution in [1.82, 2.24) is 4.90 Å². The maximum absolute atomic E-state index is 12.6. The van der Waals surface area contributed by atoms with Crippen LogP contribution in [0.3, 0.4) is 0 Å². The Balaban J connectivity index is 5.34. The van der Waals surface area contributed by atoms with E-state index >= 15 is 0 Å². The zero-order valence-electron chi connectivity index (χ0n) is 15.7. The molecule has 0 aliphatic heterocycles. The zero-order valence-corrected chi connectivity index (χ0v) is 15.7. The molecule has 0 saturated carbocycles. The van der Waals surface area contributed by atoms with Crippen molar-refractivity contribution >= 4 is 12.1 Å². The lowest BCUT2D eigenvalue weighted by Crippen LogP contribution is -2.57. The van der Waals surface area contributed by atoms with Crippen LogP contribution in [0, 0.1) is 0 Å². The summed E-state index contributed by atoms with van der Waals surface area (Å²) in [6, 6.07) is 0. The van der Waals surface area contributed by atoms with Gasteiger partial charge in [0.15, 0.2) is 0 Å². The van der Waals surface area contributed by atoms with Crippen LogP contribution in [-0.4, -0.2) is 48.5 Å². The van der Waals surface area contributed by atoms with Crippen molar-refractivity contribution in [2.45, 2.75) is 78.4 Å². The van der Waals surface area contributed by atoms with Crippen molar-refractivity contribution in [3.63, 3.8) is 0 Å². The number of hydrogen-bond donors (Lipinski definition) is 0. The fraction of sp³-hybridized carbons (Fsp3) is 0.882. The molecule has 136 valence electrons. The van der Waals surface area contributed by atoms with E-state index in [0.717, 1.165) is 19.3 Å². The summed E-state index contributed by atoms with van der Waals surface area (Å²) in [4.78, 5) is 26.4. The fourth-order valence-electron chi connectivity index (χ4n) is 2.14. The van der Waals surface area contributed by atoms with E-state index in [9.17, 15) is 9.59 Å². The molecule has 0 rings (SSSR count). The molecule has 0 aromatic rings. The Kier molecular flexibility index (Phi) is 9.20. The van der Waals surface area contributed by atoms with Gasteiger partial charge < -0.3 is 14.2 Å². The predicted molar refractivity (Wildman–Crippen MR) is 89.1 cm³/mol. The van der Waals surface area contributed by atoms with Gasteiger partial charge in [0, 0.05) is 7.11 Å². The predicted octanol–water partition coefficient (Wildman–Crippen LogP) is 3.73. The number of methoxy groups -OCH3 is 1. The second-order valence-corrected chi connectivity index (χ2v) is 6.84. The van der Waals surface area contributed by atoms with E-state index in [4.69, 9.17) is 14.2 Å². The maximum Gasteiger partial charge on any atom is 0.413 e. The minimum atomic E-state index is -1.11. The summed E-state index contributed by atoms with van der Waals surface area (Å²) in [7, 11) is 1.48. The molecule has 0 aliphatic rings. The van der Waals surface area contributed by atoms with Crippen LogP contribution in [0.1, 0.15) is 67.2 Å². The number of unbranched alkanes of at least 4 members (excludes halogenated alkanes) is 1. The minimum absolute atomic E-state index is 0.0334. The van der Waals surface area contributed by atoms with Gasteiger partial charge in [0.05, 0.1) is 6.61 Å². The van der Waals surface area contributed by atoms with Gasteiger partial charge in [-0.1, -0.05) is 26.7 Å². The molecule has 0 aliphatic carbocycles. The van der Waals surface area contributed by atoms with Gasteiger partial charge in [-0.2, -0.15) is 0 Å². The number of rotatable bonds is 9. The van der Waals surface area contributed by atoms with Crippen molar-refractivity contribution in [3.8, 4) is 0 Å². The first-order valence-electron chi connectivity index (χ1n) is 8.29. The third kappa shape index (κ3) is 7.20. The molecular weight excluding hydrogens is 298 g/mol. The molecule has 0 aromatic carbocycles. The van der Waals surface area contributed by atoms with E-state index in [2.05, 4.69) is 0 Å². The highest BCUT2D eigenvalue weighted by molar-refractivity contribution is 5.85. The van der Waals surface area contributed by atoms with Gasteiger partial charge >= 0.3 is 12.1 Å². The van der Waals surface area contributed by atoms with Crippen molar-refractivity contribution < 1.29 is 23.8 Å². The Morgan fingerprint density at radius 2 is 1.65 bits per heavy atom. The van der Waals surface area contributed by atoms with E-state index in [1.165, 1.54) is 12.0 Å². The second kappa shape index (κ2) is 9.75. The molecule has 1 amide bonds. The smallest absolute Gasteiger partial charge is 0.413 e. The summed E-state index contributed by atoms with van der Waals surface area (Å²) in [6.45, 7) is 11.4. The van der Waals surface area contributed by atoms with Crippen molar-refractivity contribution in [1.29, 1.82) is 0 Å². The lowest BCUT2D eigenvalue weighted by Gasteiger charge is -2.39. The Hall–Kier alpha value is -1.30. The van der Waals surface area contributed by atoms with Crippen LogP contribution in [0.4, 0.5) is 4.79 Å². The highest BCUT2D eigenvalue weighted by Crippen LogP contribution is 2.26. The number of carbonyl (C=O) groups is 2. The number of hydrogen-bond acceptors (Lipinski definition) is 5. The van der Waals surface area contributed by atoms with E-state index in [-0.39, 0.29) is 6.73 Å². The first-order chi connectivity index (χ1) is 10.6. The van der Waals surface area contributed by atoms with Gasteiger partial charge in [-0.05, 0) is 40.5 Å². The van der Waals surface area contributed by atoms with Gasteiger partial charge in [-0.3, -0.25) is 4.90 Å². The van der Waals surface area contributed by atoms with Gasteiger partial charge in [0.2, 0.25) is 0 Å². The van der Waals surface area contributed by atoms with Crippen LogP contribution in [0.25, 0.3) is 0 Å². The van der Waals surface area contributed by atoms with Gasteiger partial charge in [0.25, 0.3) is 0 Å². The zero-order chi connectivity index (χ0) is 18.1. The summed E-state index contributed by atoms with van der Waals surface area (Å²) >= 11 is 0. The molecule has 23 heavy (non-hydrogen) atoms. The van der Waals surface area contributed by atoms with Crippen molar-refractivity contribution in [3.05, 3.63) is 0 Å². The summed E-state index contributed by atoms with van der Waals surface area (Å²) in [5, 5.41) is 0. The van der Waals surface area contributed by atoms with Crippen LogP contribution in [-0.2, 0) is 19.0 Å². The van der Waals surface area contributed by atoms with E-state index in [1.54, 1.807) is 27.7 Å². The fourth-order valence-corrected chi connectivity index (χ4v) is 2.14. The van der Waals surface area contributed by atoms with Crippen molar-refractivity contribution in [2.24, 2.45) is 0 Å². The van der Waals surface area contributed by atoms with E-state index < -0.39 is 23.2 Å². The number of esters is 1. The SMILES string of the molecule is CCCCOC(=O)[C@](C)(CCC)N(COC)C(=O)OC(C)(C)C. The van der Waals surface area contributed by atoms with Crippen LogP contribution in [0.15, 0.2) is 0 Å². The number of carbonyl (C=O) groups excluding carboxylic acids is 2. The summed E-state index contributed by atoms with van der Waals surface area (Å²) in [6.07, 6.45) is 2.35. The van der Waals surface area contributed by atoms with E-state index in [1.807, 2.05) is 13.8 Å². The minimum Gasteiger partial charge on any atom is -0.464 e. The molecule has 0 spiro atoms. The van der Waals surface area contributed by atoms with Crippen molar-refractivity contribution in [2.75, 3.05) is 20.4 Å². The molecule has 0 heterocycles. The quantitative estimate of drug-likeness (QED) is 0.366. The standard InChI is InChI=1S/C17H33NO5/c1-8-10-12-22-14(19)17(6,11-9-2)18(13-21-7)15(20)23-16(3,4)5/h8-13H2,1-7H3/t17-/m0/s1. The van der Waals surface area contributed by atoms with Crippen LogP contribution >= 0.6 is 0 Å². The first kappa shape index (κ1) is 21.7. The third-order valence-corrected chi connectivity index (χ3v) is 3.38. The lowest BCUT2D eigenvalue weighted by atomic mass is 9.94. The molecule has 0 bridgehead atoms. The van der Waals surface area contributed by atoms with Gasteiger partial charge in [-0.15, -0.1) is 0 Å². The van der Waals surface area contributed by atoms with Gasteiger partial charge in [-0.25, -0.2) is 9.59 Å². The molecule has 1 atom stereocenters. The molecule has 0 N–H and O–H groups in total. The third-order valence-electron chi connectivity index (χ3n) is 3.38. The summed E-state index contributed by atoms with van der Waals surface area (Å²) in [5.74, 6) is -0.421. The first-order valence-corrected chi connectivity index (χ1v) is 8.29. The Bertz CT molecular complexity index is 378. The molecule has 6 heteroatoms. The number of nitrogens with zero attached hydrogens (tertiary/aromatic N) is 1. The molecule has 0 unspecified atom stereocenters. The van der Waals surface area contributed by atoms with Gasteiger partial charge in [0.1, 0.15) is 17.9 Å². The molecule has 0 radical (unpaired) electrons. The highest BCUT2D eigenvalue weighted by atomic mass is 16.6. The topological polar surface area (TPSA) is 65.1 Å². The molecule has 0 aromatic heterocycles. The molecule has 6 nitrogen and oxygen atoms in total. The maximum atomic E-state index is 12.6. The Morgan fingerprint density at radius 1 is 1.04 bits per heavy atom. The summed E-state index contributed by atoms with van der Waals surface area (Å²) < 4.78 is 15.9.